The third kappa shape index (κ3) is 3.25. The lowest BCUT2D eigenvalue weighted by atomic mass is 10.1. The van der Waals surface area contributed by atoms with Gasteiger partial charge in [0.05, 0.1) is 12.7 Å². The number of nitrogens with two attached hydrogens (primary N) is 1. The molecule has 0 bridgehead atoms. The summed E-state index contributed by atoms with van der Waals surface area (Å²) in [5.41, 5.74) is 6.55. The van der Waals surface area contributed by atoms with Gasteiger partial charge in [-0.05, 0) is 25.1 Å². The molecular weight excluding hydrogens is 260 g/mol. The van der Waals surface area contributed by atoms with Gasteiger partial charge in [0.2, 0.25) is 5.89 Å². The van der Waals surface area contributed by atoms with Crippen molar-refractivity contribution in [2.24, 2.45) is 0 Å². The van der Waals surface area contributed by atoms with Gasteiger partial charge >= 0.3 is 0 Å². The van der Waals surface area contributed by atoms with Gasteiger partial charge in [0, 0.05) is 18.7 Å². The lowest BCUT2D eigenvalue weighted by Crippen LogP contribution is -2.26. The molecule has 0 radical (unpaired) electrons. The summed E-state index contributed by atoms with van der Waals surface area (Å²) in [6.07, 6.45) is 0.469. The molecule has 3 N–H and O–H groups in total. The number of hydrogen-bond donors (Lipinski definition) is 2. The molecule has 0 aliphatic rings. The first-order valence-electron chi connectivity index (χ1n) is 6.11. The van der Waals surface area contributed by atoms with Crippen LogP contribution in [-0.4, -0.2) is 29.7 Å². The minimum absolute atomic E-state index is 0.266. The van der Waals surface area contributed by atoms with Crippen LogP contribution in [0.1, 0.15) is 22.1 Å². The Morgan fingerprint density at radius 3 is 2.95 bits per heavy atom. The Morgan fingerprint density at radius 2 is 2.30 bits per heavy atom. The molecule has 0 unspecified atom stereocenters. The lowest BCUT2D eigenvalue weighted by molar-refractivity contribution is 0.0954. The van der Waals surface area contributed by atoms with Crippen LogP contribution >= 0.6 is 0 Å². The van der Waals surface area contributed by atoms with Gasteiger partial charge in [-0.2, -0.15) is 4.98 Å². The summed E-state index contributed by atoms with van der Waals surface area (Å²) < 4.78 is 10.0. The van der Waals surface area contributed by atoms with Crippen LogP contribution in [0.15, 0.2) is 22.7 Å². The zero-order valence-electron chi connectivity index (χ0n) is 11.3. The fourth-order valence-electron chi connectivity index (χ4n) is 1.68. The van der Waals surface area contributed by atoms with E-state index in [9.17, 15) is 4.79 Å². The summed E-state index contributed by atoms with van der Waals surface area (Å²) >= 11 is 0. The molecule has 0 atom stereocenters. The summed E-state index contributed by atoms with van der Waals surface area (Å²) in [5, 5.41) is 6.42. The molecule has 7 heteroatoms. The Bertz CT molecular complexity index is 609. The molecule has 0 aliphatic carbocycles. The number of carbonyl (C=O) groups is 1. The number of benzene rings is 1. The highest BCUT2D eigenvalue weighted by atomic mass is 16.5. The fraction of sp³-hybridized carbons (Fsp3) is 0.308. The maximum Gasteiger partial charge on any atom is 0.253 e. The average molecular weight is 276 g/mol. The van der Waals surface area contributed by atoms with Gasteiger partial charge < -0.3 is 20.3 Å². The van der Waals surface area contributed by atoms with Crippen molar-refractivity contribution in [3.05, 3.63) is 35.5 Å². The van der Waals surface area contributed by atoms with E-state index in [0.29, 0.717) is 41.7 Å². The van der Waals surface area contributed by atoms with Crippen LogP contribution in [0.3, 0.4) is 0 Å². The highest BCUT2D eigenvalue weighted by Gasteiger charge is 2.11. The number of amides is 1. The second-order valence-corrected chi connectivity index (χ2v) is 4.19. The number of nitrogen functional groups attached to an aromatic ring is 1. The maximum atomic E-state index is 12.0. The molecule has 0 saturated carbocycles. The summed E-state index contributed by atoms with van der Waals surface area (Å²) in [7, 11) is 1.53. The van der Waals surface area contributed by atoms with Crippen molar-refractivity contribution in [3.63, 3.8) is 0 Å². The van der Waals surface area contributed by atoms with E-state index in [-0.39, 0.29) is 5.91 Å². The lowest BCUT2D eigenvalue weighted by Gasteiger charge is -2.08. The third-order valence-electron chi connectivity index (χ3n) is 2.70. The monoisotopic (exact) mass is 276 g/mol. The van der Waals surface area contributed by atoms with Crippen molar-refractivity contribution in [1.29, 1.82) is 0 Å². The minimum Gasteiger partial charge on any atom is -0.497 e. The Labute approximate surface area is 116 Å². The summed E-state index contributed by atoms with van der Waals surface area (Å²) in [6, 6.07) is 4.93. The van der Waals surface area contributed by atoms with E-state index in [1.165, 1.54) is 7.11 Å². The Morgan fingerprint density at radius 1 is 1.50 bits per heavy atom. The standard InChI is InChI=1S/C13H16N4O3/c1-8-16-12(20-17-8)5-6-15-13(18)10-7-9(19-2)3-4-11(10)14/h3-4,7H,5-6,14H2,1-2H3,(H,15,18). The van der Waals surface area contributed by atoms with Gasteiger partial charge in [-0.15, -0.1) is 0 Å². The van der Waals surface area contributed by atoms with Gasteiger partial charge in [0.15, 0.2) is 5.82 Å². The number of anilines is 1. The molecule has 1 amide bonds. The number of carbonyl (C=O) groups excluding carboxylic acids is 1. The molecule has 1 aromatic carbocycles. The molecule has 1 aromatic heterocycles. The molecule has 7 nitrogen and oxygen atoms in total. The number of aromatic nitrogens is 2. The Hall–Kier alpha value is -2.57. The van der Waals surface area contributed by atoms with Crippen LogP contribution in [0, 0.1) is 6.92 Å². The smallest absolute Gasteiger partial charge is 0.253 e. The fourth-order valence-corrected chi connectivity index (χ4v) is 1.68. The highest BCUT2D eigenvalue weighted by Crippen LogP contribution is 2.19. The van der Waals surface area contributed by atoms with Crippen LogP contribution in [0.4, 0.5) is 5.69 Å². The van der Waals surface area contributed by atoms with E-state index in [4.69, 9.17) is 15.0 Å². The zero-order valence-corrected chi connectivity index (χ0v) is 11.3. The summed E-state index contributed by atoms with van der Waals surface area (Å²) in [6.45, 7) is 2.12. The van der Waals surface area contributed by atoms with Gasteiger partial charge in [0.1, 0.15) is 5.75 Å². The maximum absolute atomic E-state index is 12.0. The second-order valence-electron chi connectivity index (χ2n) is 4.19. The Balaban J connectivity index is 1.94. The summed E-state index contributed by atoms with van der Waals surface area (Å²) in [4.78, 5) is 16.1. The number of methoxy groups -OCH3 is 1. The van der Waals surface area contributed by atoms with E-state index in [1.54, 1.807) is 25.1 Å². The normalized spacial score (nSPS) is 10.3. The van der Waals surface area contributed by atoms with Gasteiger partial charge in [0.25, 0.3) is 5.91 Å². The first-order chi connectivity index (χ1) is 9.60. The van der Waals surface area contributed by atoms with Crippen LogP contribution in [0.5, 0.6) is 5.75 Å². The van der Waals surface area contributed by atoms with Crippen molar-refractivity contribution >= 4 is 11.6 Å². The van der Waals surface area contributed by atoms with Crippen LogP contribution < -0.4 is 15.8 Å². The molecule has 0 aliphatic heterocycles. The molecule has 0 saturated heterocycles. The number of hydrogen-bond acceptors (Lipinski definition) is 6. The third-order valence-corrected chi connectivity index (χ3v) is 2.70. The number of aryl methyl sites for hydroxylation is 1. The molecule has 2 rings (SSSR count). The highest BCUT2D eigenvalue weighted by molar-refractivity contribution is 5.99. The minimum atomic E-state index is -0.266. The zero-order chi connectivity index (χ0) is 14.5. The van der Waals surface area contributed by atoms with Crippen molar-refractivity contribution in [3.8, 4) is 5.75 Å². The van der Waals surface area contributed by atoms with Crippen LogP contribution in [0.25, 0.3) is 0 Å². The molecule has 0 fully saturated rings. The van der Waals surface area contributed by atoms with E-state index < -0.39 is 0 Å². The van der Waals surface area contributed by atoms with Gasteiger partial charge in [-0.3, -0.25) is 4.79 Å². The van der Waals surface area contributed by atoms with Crippen molar-refractivity contribution in [2.75, 3.05) is 19.4 Å². The van der Waals surface area contributed by atoms with Crippen LogP contribution in [0.2, 0.25) is 0 Å². The van der Waals surface area contributed by atoms with Gasteiger partial charge in [-0.25, -0.2) is 0 Å². The number of nitrogens with one attached hydrogen (secondary N) is 1. The second kappa shape index (κ2) is 6.05. The quantitative estimate of drug-likeness (QED) is 0.788. The first kappa shape index (κ1) is 13.9. The van der Waals surface area contributed by atoms with E-state index in [0.717, 1.165) is 0 Å². The van der Waals surface area contributed by atoms with Crippen molar-refractivity contribution < 1.29 is 14.1 Å². The predicted octanol–water partition coefficient (Wildman–Crippen LogP) is 0.941. The molecular formula is C13H16N4O3. The SMILES string of the molecule is COc1ccc(N)c(C(=O)NCCc2nc(C)no2)c1. The molecule has 1 heterocycles. The van der Waals surface area contributed by atoms with E-state index in [2.05, 4.69) is 15.5 Å². The molecule has 20 heavy (non-hydrogen) atoms. The molecule has 106 valence electrons. The summed E-state index contributed by atoms with van der Waals surface area (Å²) in [5.74, 6) is 1.37. The number of rotatable bonds is 5. The first-order valence-corrected chi connectivity index (χ1v) is 6.11. The topological polar surface area (TPSA) is 103 Å². The van der Waals surface area contributed by atoms with Crippen LogP contribution in [-0.2, 0) is 6.42 Å². The molecule has 2 aromatic rings. The largest absolute Gasteiger partial charge is 0.497 e. The van der Waals surface area contributed by atoms with Crippen molar-refractivity contribution in [1.82, 2.24) is 15.5 Å². The Kier molecular flexibility index (Phi) is 4.19. The molecule has 0 spiro atoms. The van der Waals surface area contributed by atoms with Crippen molar-refractivity contribution in [2.45, 2.75) is 13.3 Å². The number of ether oxygens (including phenoxy) is 1. The predicted molar refractivity (Wildman–Crippen MR) is 72.5 cm³/mol. The number of nitrogens with zero attached hydrogens (tertiary/aromatic N) is 2. The van der Waals surface area contributed by atoms with E-state index >= 15 is 0 Å². The van der Waals surface area contributed by atoms with E-state index in [1.807, 2.05) is 0 Å². The average Bonchev–Trinajstić information content (AvgIpc) is 2.85. The van der Waals surface area contributed by atoms with Gasteiger partial charge in [-0.1, -0.05) is 5.16 Å².